The van der Waals surface area contributed by atoms with E-state index in [-0.39, 0.29) is 36.5 Å². The average molecular weight is 315 g/mol. The normalized spacial score (nSPS) is 9.67. The molecule has 0 rings (SSSR count). The molecule has 72 valence electrons. The Morgan fingerprint density at radius 1 is 0.917 bits per heavy atom. The molecule has 12 heteroatoms. The van der Waals surface area contributed by atoms with Gasteiger partial charge in [-0.05, 0) is 0 Å². The molecule has 0 fully saturated rings. The van der Waals surface area contributed by atoms with Crippen molar-refractivity contribution < 1.29 is 71.6 Å². The van der Waals surface area contributed by atoms with E-state index < -0.39 is 20.8 Å². The van der Waals surface area contributed by atoms with Crippen molar-refractivity contribution in [2.75, 3.05) is 0 Å². The van der Waals surface area contributed by atoms with Crippen LogP contribution in [-0.2, 0) is 57.3 Å². The molecule has 0 radical (unpaired) electrons. The molecule has 0 aromatic heterocycles. The minimum atomic E-state index is -5.17. The Labute approximate surface area is 92.1 Å². The molecule has 0 atom stereocenters. The van der Waals surface area contributed by atoms with Gasteiger partial charge in [0.25, 0.3) is 0 Å². The van der Waals surface area contributed by atoms with E-state index in [9.17, 15) is 0 Å². The molecule has 0 heterocycles. The van der Waals surface area contributed by atoms with Crippen LogP contribution in [-0.4, -0.2) is 35.0 Å². The molecular weight excluding hydrogens is 313 g/mol. The van der Waals surface area contributed by atoms with Crippen molar-refractivity contribution in [3.63, 3.8) is 0 Å². The van der Waals surface area contributed by atoms with Crippen LogP contribution in [0.4, 0.5) is 0 Å². The third-order valence-electron chi connectivity index (χ3n) is 0. The van der Waals surface area contributed by atoms with E-state index in [4.69, 9.17) is 35.0 Å². The van der Waals surface area contributed by atoms with Gasteiger partial charge in [0, 0.05) is 27.5 Å². The third kappa shape index (κ3) is 1360. The second kappa shape index (κ2) is 8.48. The van der Waals surface area contributed by atoms with Crippen LogP contribution in [0.15, 0.2) is 0 Å². The summed E-state index contributed by atoms with van der Waals surface area (Å²) < 4.78 is 65.7. The summed E-state index contributed by atoms with van der Waals surface area (Å²) in [6.45, 7) is 0. The predicted octanol–water partition coefficient (Wildman–Crippen LogP) is -2.00. The molecule has 8 nitrogen and oxygen atoms in total. The number of hydrogen-bond donors (Lipinski definition) is 2. The van der Waals surface area contributed by atoms with Gasteiger partial charge in [-0.15, -0.1) is 0 Å². The van der Waals surface area contributed by atoms with Crippen LogP contribution in [0.3, 0.4) is 0 Å². The zero-order valence-corrected chi connectivity index (χ0v) is 10.9. The van der Waals surface area contributed by atoms with E-state index in [1.165, 1.54) is 0 Å². The van der Waals surface area contributed by atoms with Crippen molar-refractivity contribution in [1.29, 1.82) is 0 Å². The van der Waals surface area contributed by atoms with Crippen molar-refractivity contribution in [3.8, 4) is 0 Å². The van der Waals surface area contributed by atoms with Gasteiger partial charge in [-0.1, -0.05) is 0 Å². The first kappa shape index (κ1) is 23.1. The van der Waals surface area contributed by atoms with E-state index in [2.05, 4.69) is 0 Å². The summed E-state index contributed by atoms with van der Waals surface area (Å²) in [4.78, 5) is 0. The van der Waals surface area contributed by atoms with Crippen LogP contribution in [0.25, 0.3) is 0 Å². The Morgan fingerprint density at radius 2 is 0.917 bits per heavy atom. The molecule has 0 aliphatic heterocycles. The molecule has 0 saturated carbocycles. The molecular formula is H2FeO8S2Zn. The molecule has 0 saturated heterocycles. The molecule has 0 aromatic rings. The summed E-state index contributed by atoms with van der Waals surface area (Å²) in [6.07, 6.45) is 0. The fourth-order valence-corrected chi connectivity index (χ4v) is 0. The zero-order valence-electron chi connectivity index (χ0n) is 5.22. The summed E-state index contributed by atoms with van der Waals surface area (Å²) in [7, 11) is -9.83. The molecule has 2 N–H and O–H groups in total. The van der Waals surface area contributed by atoms with Gasteiger partial charge < -0.3 is 9.11 Å². The largest absolute Gasteiger partial charge is 2.00 e. The van der Waals surface area contributed by atoms with Crippen LogP contribution in [0.1, 0.15) is 0 Å². The van der Waals surface area contributed by atoms with E-state index in [1.807, 2.05) is 0 Å². The van der Waals surface area contributed by atoms with Crippen molar-refractivity contribution in [1.82, 2.24) is 0 Å². The first-order valence-electron chi connectivity index (χ1n) is 1.37. The molecule has 0 spiro atoms. The average Bonchev–Trinajstić information content (AvgIpc) is 1.12. The van der Waals surface area contributed by atoms with E-state index in [0.29, 0.717) is 0 Å². The van der Waals surface area contributed by atoms with Gasteiger partial charge in [0.2, 0.25) is 0 Å². The van der Waals surface area contributed by atoms with Crippen LogP contribution < -0.4 is 0 Å². The van der Waals surface area contributed by atoms with Crippen molar-refractivity contribution in [2.45, 2.75) is 0 Å². The fourth-order valence-electron chi connectivity index (χ4n) is 0. The van der Waals surface area contributed by atoms with Gasteiger partial charge >= 0.3 is 29.9 Å². The standard InChI is InChI=1S/Fe.2H2O4S.Zn/c;2*1-5(2,3)4;/h;2*(H2,1,2,3,4);/q;;;+2/p-2. The van der Waals surface area contributed by atoms with Crippen LogP contribution >= 0.6 is 0 Å². The second-order valence-corrected chi connectivity index (χ2v) is 2.57. The topological polar surface area (TPSA) is 155 Å². The Hall–Kier alpha value is 0.883. The molecule has 0 unspecified atom stereocenters. The Balaban J connectivity index is -0.0000000457. The smallest absolute Gasteiger partial charge is 0.759 e. The van der Waals surface area contributed by atoms with Crippen LogP contribution in [0, 0.1) is 0 Å². The molecule has 12 heavy (non-hydrogen) atoms. The van der Waals surface area contributed by atoms with Gasteiger partial charge in [-0.25, -0.2) is 0 Å². The second-order valence-electron chi connectivity index (χ2n) is 0.856. The summed E-state index contributed by atoms with van der Waals surface area (Å²) in [5, 5.41) is 0. The van der Waals surface area contributed by atoms with Crippen molar-refractivity contribution >= 4 is 20.8 Å². The maximum absolute atomic E-state index is 8.74. The Morgan fingerprint density at radius 3 is 0.917 bits per heavy atom. The van der Waals surface area contributed by atoms with Crippen LogP contribution in [0.2, 0.25) is 0 Å². The van der Waals surface area contributed by atoms with E-state index >= 15 is 0 Å². The number of rotatable bonds is 0. The van der Waals surface area contributed by atoms with E-state index in [1.54, 1.807) is 0 Å². The summed E-state index contributed by atoms with van der Waals surface area (Å²) in [5.74, 6) is 0. The van der Waals surface area contributed by atoms with Crippen LogP contribution in [0.5, 0.6) is 0 Å². The Kier molecular flexibility index (Phi) is 16.3. The van der Waals surface area contributed by atoms with Crippen molar-refractivity contribution in [2.24, 2.45) is 0 Å². The quantitative estimate of drug-likeness (QED) is 0.295. The molecule has 0 aliphatic rings. The summed E-state index contributed by atoms with van der Waals surface area (Å²) in [6, 6.07) is 0. The molecule has 0 aliphatic carbocycles. The SMILES string of the molecule is O=S(=O)(O)O.O=S(=O)([O-])[O-].[Fe].[Zn+2]. The maximum atomic E-state index is 8.74. The Bertz CT molecular complexity index is 213. The van der Waals surface area contributed by atoms with Crippen molar-refractivity contribution in [3.05, 3.63) is 0 Å². The predicted molar refractivity (Wildman–Crippen MR) is 24.7 cm³/mol. The molecule has 0 bridgehead atoms. The number of hydrogen-bond acceptors (Lipinski definition) is 6. The summed E-state index contributed by atoms with van der Waals surface area (Å²) in [5.41, 5.74) is 0. The van der Waals surface area contributed by atoms with E-state index in [0.717, 1.165) is 0 Å². The summed E-state index contributed by atoms with van der Waals surface area (Å²) >= 11 is 0. The van der Waals surface area contributed by atoms with Gasteiger partial charge in [-0.2, -0.15) is 8.42 Å². The fraction of sp³-hybridized carbons (Fsp3) is 0. The first-order chi connectivity index (χ1) is 4.00. The minimum absolute atomic E-state index is 0. The monoisotopic (exact) mass is 314 g/mol. The molecule has 0 amide bonds. The minimum Gasteiger partial charge on any atom is -0.759 e. The van der Waals surface area contributed by atoms with Gasteiger partial charge in [0.1, 0.15) is 0 Å². The van der Waals surface area contributed by atoms with Gasteiger partial charge in [0.05, 0.1) is 0 Å². The van der Waals surface area contributed by atoms with Gasteiger partial charge in [-0.3, -0.25) is 17.5 Å². The first-order valence-corrected chi connectivity index (χ1v) is 4.10. The third-order valence-corrected chi connectivity index (χ3v) is 0. The maximum Gasteiger partial charge on any atom is 2.00 e. The van der Waals surface area contributed by atoms with Gasteiger partial charge in [0.15, 0.2) is 0 Å². The molecule has 0 aromatic carbocycles. The zero-order chi connectivity index (χ0) is 9.00.